The minimum atomic E-state index is -0.0216. The Labute approximate surface area is 137 Å². The fourth-order valence-electron chi connectivity index (χ4n) is 2.78. The Balaban J connectivity index is 1.93. The summed E-state index contributed by atoms with van der Waals surface area (Å²) in [6, 6.07) is 7.57. The average molecular weight is 316 g/mol. The molecule has 5 heteroatoms. The van der Waals surface area contributed by atoms with E-state index in [1.807, 2.05) is 24.3 Å². The zero-order valence-corrected chi connectivity index (χ0v) is 14.0. The van der Waals surface area contributed by atoms with Crippen molar-refractivity contribution >= 4 is 17.9 Å². The lowest BCUT2D eigenvalue weighted by Gasteiger charge is -2.31. The summed E-state index contributed by atoms with van der Waals surface area (Å²) in [5, 5.41) is 0. The molecule has 0 radical (unpaired) electrons. The molecule has 0 aromatic heterocycles. The molecule has 0 N–H and O–H groups in total. The lowest BCUT2D eigenvalue weighted by Crippen LogP contribution is -2.42. The van der Waals surface area contributed by atoms with Crippen LogP contribution in [0.5, 0.6) is 5.75 Å². The zero-order valence-electron chi connectivity index (χ0n) is 14.0. The second-order valence-corrected chi connectivity index (χ2v) is 5.91. The van der Waals surface area contributed by atoms with Crippen molar-refractivity contribution in [2.45, 2.75) is 12.8 Å². The first kappa shape index (κ1) is 17.1. The number of carbonyl (C=O) groups is 2. The van der Waals surface area contributed by atoms with E-state index in [9.17, 15) is 9.59 Å². The quantitative estimate of drug-likeness (QED) is 0.799. The van der Waals surface area contributed by atoms with Crippen LogP contribution in [0.2, 0.25) is 0 Å². The summed E-state index contributed by atoms with van der Waals surface area (Å²) >= 11 is 0. The molecule has 0 saturated carbocycles. The molecule has 0 aliphatic carbocycles. The van der Waals surface area contributed by atoms with Gasteiger partial charge in [0, 0.05) is 44.7 Å². The van der Waals surface area contributed by atoms with Gasteiger partial charge in [0.15, 0.2) is 0 Å². The van der Waals surface area contributed by atoms with Gasteiger partial charge in [0.25, 0.3) is 0 Å². The number of para-hydroxylation sites is 1. The number of amides is 2. The predicted octanol–water partition coefficient (Wildman–Crippen LogP) is 2.04. The molecule has 0 bridgehead atoms. The number of ether oxygens (including phenoxy) is 1. The maximum absolute atomic E-state index is 12.3. The van der Waals surface area contributed by atoms with Crippen LogP contribution in [0.15, 0.2) is 30.3 Å². The van der Waals surface area contributed by atoms with Crippen LogP contribution in [0.1, 0.15) is 18.4 Å². The van der Waals surface area contributed by atoms with E-state index >= 15 is 0 Å². The fourth-order valence-corrected chi connectivity index (χ4v) is 2.78. The van der Waals surface area contributed by atoms with Crippen LogP contribution in [-0.2, 0) is 9.59 Å². The van der Waals surface area contributed by atoms with Crippen molar-refractivity contribution in [3.63, 3.8) is 0 Å². The van der Waals surface area contributed by atoms with Gasteiger partial charge in [0.2, 0.25) is 11.8 Å². The van der Waals surface area contributed by atoms with Gasteiger partial charge in [-0.15, -0.1) is 0 Å². The molecule has 1 fully saturated rings. The zero-order chi connectivity index (χ0) is 16.8. The Bertz CT molecular complexity index is 588. The Kier molecular flexibility index (Phi) is 5.79. The standard InChI is InChI=1S/C18H24N2O3/c1-19(2)18(22)15-10-12-20(13-11-15)17(21)9-8-14-6-4-5-7-16(14)23-3/h4-9,15H,10-13H2,1-3H3. The summed E-state index contributed by atoms with van der Waals surface area (Å²) < 4.78 is 5.27. The summed E-state index contributed by atoms with van der Waals surface area (Å²) in [5.41, 5.74) is 0.876. The van der Waals surface area contributed by atoms with Gasteiger partial charge in [-0.25, -0.2) is 0 Å². The molecule has 1 aromatic rings. The highest BCUT2D eigenvalue weighted by molar-refractivity contribution is 5.92. The average Bonchev–Trinajstić information content (AvgIpc) is 2.59. The van der Waals surface area contributed by atoms with Gasteiger partial charge in [0.05, 0.1) is 7.11 Å². The Morgan fingerprint density at radius 1 is 1.22 bits per heavy atom. The number of benzene rings is 1. The first-order chi connectivity index (χ1) is 11.0. The van der Waals surface area contributed by atoms with Crippen molar-refractivity contribution in [3.8, 4) is 5.75 Å². The normalized spacial score (nSPS) is 15.7. The van der Waals surface area contributed by atoms with Crippen LogP contribution in [0.4, 0.5) is 0 Å². The van der Waals surface area contributed by atoms with Gasteiger partial charge in [-0.1, -0.05) is 18.2 Å². The molecule has 124 valence electrons. The third-order valence-electron chi connectivity index (χ3n) is 4.14. The molecule has 2 amide bonds. The third kappa shape index (κ3) is 4.34. The Morgan fingerprint density at radius 3 is 2.48 bits per heavy atom. The topological polar surface area (TPSA) is 49.9 Å². The third-order valence-corrected chi connectivity index (χ3v) is 4.14. The summed E-state index contributed by atoms with van der Waals surface area (Å²) in [4.78, 5) is 27.7. The van der Waals surface area contributed by atoms with Gasteiger partial charge in [-0.05, 0) is 25.0 Å². The van der Waals surface area contributed by atoms with Gasteiger partial charge in [-0.2, -0.15) is 0 Å². The van der Waals surface area contributed by atoms with E-state index in [0.717, 1.165) is 24.2 Å². The molecule has 0 unspecified atom stereocenters. The number of methoxy groups -OCH3 is 1. The van der Waals surface area contributed by atoms with Gasteiger partial charge in [-0.3, -0.25) is 9.59 Å². The molecular formula is C18H24N2O3. The van der Waals surface area contributed by atoms with Crippen LogP contribution >= 0.6 is 0 Å². The minimum Gasteiger partial charge on any atom is -0.496 e. The maximum Gasteiger partial charge on any atom is 0.246 e. The molecule has 23 heavy (non-hydrogen) atoms. The number of nitrogens with zero attached hydrogens (tertiary/aromatic N) is 2. The number of carbonyl (C=O) groups excluding carboxylic acids is 2. The molecule has 0 atom stereocenters. The van der Waals surface area contributed by atoms with E-state index < -0.39 is 0 Å². The Hall–Kier alpha value is -2.30. The first-order valence-electron chi connectivity index (χ1n) is 7.84. The summed E-state index contributed by atoms with van der Waals surface area (Å²) in [5.74, 6) is 0.910. The van der Waals surface area contributed by atoms with Crippen LogP contribution in [0.3, 0.4) is 0 Å². The molecule has 1 aliphatic heterocycles. The van der Waals surface area contributed by atoms with Crippen molar-refractivity contribution in [1.82, 2.24) is 9.80 Å². The van der Waals surface area contributed by atoms with Crippen molar-refractivity contribution in [3.05, 3.63) is 35.9 Å². The minimum absolute atomic E-state index is 0.0216. The molecule has 1 aromatic carbocycles. The number of piperidine rings is 1. The van der Waals surface area contributed by atoms with E-state index in [0.29, 0.717) is 13.1 Å². The van der Waals surface area contributed by atoms with Crippen LogP contribution < -0.4 is 4.74 Å². The molecular weight excluding hydrogens is 292 g/mol. The van der Waals surface area contributed by atoms with Gasteiger partial charge in [0.1, 0.15) is 5.75 Å². The van der Waals surface area contributed by atoms with E-state index in [2.05, 4.69) is 0 Å². The first-order valence-corrected chi connectivity index (χ1v) is 7.84. The lowest BCUT2D eigenvalue weighted by molar-refractivity contribution is -0.137. The molecule has 1 aliphatic rings. The smallest absolute Gasteiger partial charge is 0.246 e. The fraction of sp³-hybridized carbons (Fsp3) is 0.444. The summed E-state index contributed by atoms with van der Waals surface area (Å²) in [6.45, 7) is 1.25. The highest BCUT2D eigenvalue weighted by atomic mass is 16.5. The van der Waals surface area contributed by atoms with Crippen LogP contribution in [0, 0.1) is 5.92 Å². The van der Waals surface area contributed by atoms with Crippen LogP contribution in [0.25, 0.3) is 6.08 Å². The summed E-state index contributed by atoms with van der Waals surface area (Å²) in [7, 11) is 5.16. The monoisotopic (exact) mass is 316 g/mol. The number of hydrogen-bond acceptors (Lipinski definition) is 3. The predicted molar refractivity (Wildman–Crippen MR) is 90.0 cm³/mol. The van der Waals surface area contributed by atoms with Crippen molar-refractivity contribution in [1.29, 1.82) is 0 Å². The SMILES string of the molecule is COc1ccccc1C=CC(=O)N1CCC(C(=O)N(C)C)CC1. The highest BCUT2D eigenvalue weighted by Crippen LogP contribution is 2.21. The molecule has 2 rings (SSSR count). The molecule has 1 saturated heterocycles. The van der Waals surface area contributed by atoms with Crippen molar-refractivity contribution in [2.75, 3.05) is 34.3 Å². The molecule has 0 spiro atoms. The maximum atomic E-state index is 12.3. The second-order valence-electron chi connectivity index (χ2n) is 5.91. The second kappa shape index (κ2) is 7.81. The van der Waals surface area contributed by atoms with Gasteiger partial charge < -0.3 is 14.5 Å². The number of likely N-dealkylation sites (tertiary alicyclic amines) is 1. The van der Waals surface area contributed by atoms with E-state index in [1.165, 1.54) is 0 Å². The highest BCUT2D eigenvalue weighted by Gasteiger charge is 2.27. The van der Waals surface area contributed by atoms with E-state index in [-0.39, 0.29) is 17.7 Å². The van der Waals surface area contributed by atoms with Crippen molar-refractivity contribution < 1.29 is 14.3 Å². The number of hydrogen-bond donors (Lipinski definition) is 0. The van der Waals surface area contributed by atoms with E-state index in [4.69, 9.17) is 4.74 Å². The Morgan fingerprint density at radius 2 is 1.87 bits per heavy atom. The largest absolute Gasteiger partial charge is 0.496 e. The summed E-state index contributed by atoms with van der Waals surface area (Å²) in [6.07, 6.45) is 4.81. The molecule has 5 nitrogen and oxygen atoms in total. The van der Waals surface area contributed by atoms with E-state index in [1.54, 1.807) is 43.2 Å². The lowest BCUT2D eigenvalue weighted by atomic mass is 9.95. The van der Waals surface area contributed by atoms with Gasteiger partial charge >= 0.3 is 0 Å². The van der Waals surface area contributed by atoms with Crippen LogP contribution in [-0.4, -0.2) is 55.9 Å². The molecule has 1 heterocycles. The number of rotatable bonds is 4. The van der Waals surface area contributed by atoms with Crippen molar-refractivity contribution in [2.24, 2.45) is 5.92 Å².